The van der Waals surface area contributed by atoms with Gasteiger partial charge in [0.25, 0.3) is 0 Å². The predicted molar refractivity (Wildman–Crippen MR) is 72.6 cm³/mol. The summed E-state index contributed by atoms with van der Waals surface area (Å²) >= 11 is 5.97. The lowest BCUT2D eigenvalue weighted by atomic mass is 9.85. The molecular formula is C12H15ClN6. The highest BCUT2D eigenvalue weighted by atomic mass is 35.5. The van der Waals surface area contributed by atoms with Gasteiger partial charge in [0.2, 0.25) is 17.2 Å². The molecule has 0 atom stereocenters. The van der Waals surface area contributed by atoms with E-state index < -0.39 is 0 Å². The van der Waals surface area contributed by atoms with E-state index in [2.05, 4.69) is 19.9 Å². The third kappa shape index (κ3) is 2.68. The van der Waals surface area contributed by atoms with Crippen molar-refractivity contribution in [2.24, 2.45) is 5.92 Å². The van der Waals surface area contributed by atoms with Crippen LogP contribution in [0.2, 0.25) is 5.28 Å². The van der Waals surface area contributed by atoms with E-state index in [1.54, 1.807) is 23.3 Å². The highest BCUT2D eigenvalue weighted by molar-refractivity contribution is 6.28. The fourth-order valence-corrected chi connectivity index (χ4v) is 2.29. The maximum Gasteiger partial charge on any atom is 0.241 e. The smallest absolute Gasteiger partial charge is 0.241 e. The number of aromatic nitrogens is 5. The first kappa shape index (κ1) is 12.3. The second-order valence-corrected chi connectivity index (χ2v) is 5.19. The molecule has 19 heavy (non-hydrogen) atoms. The summed E-state index contributed by atoms with van der Waals surface area (Å²) in [5.41, 5.74) is 0. The normalized spacial score (nSPS) is 15.3. The van der Waals surface area contributed by atoms with Crippen molar-refractivity contribution in [3.8, 4) is 5.95 Å². The van der Waals surface area contributed by atoms with Gasteiger partial charge in [-0.3, -0.25) is 4.57 Å². The molecule has 2 aromatic heterocycles. The van der Waals surface area contributed by atoms with Crippen LogP contribution >= 0.6 is 11.6 Å². The van der Waals surface area contributed by atoms with Crippen molar-refractivity contribution in [1.29, 1.82) is 0 Å². The minimum atomic E-state index is 0.203. The van der Waals surface area contributed by atoms with Crippen LogP contribution in [0, 0.1) is 5.92 Å². The van der Waals surface area contributed by atoms with Crippen molar-refractivity contribution in [3.63, 3.8) is 0 Å². The largest absolute Gasteiger partial charge is 0.343 e. The molecule has 1 aliphatic rings. The van der Waals surface area contributed by atoms with E-state index >= 15 is 0 Å². The van der Waals surface area contributed by atoms with Crippen molar-refractivity contribution in [3.05, 3.63) is 24.0 Å². The maximum atomic E-state index is 5.97. The monoisotopic (exact) mass is 278 g/mol. The highest BCUT2D eigenvalue weighted by Gasteiger charge is 2.21. The SMILES string of the molecule is CN(CC1CCC1)c1nc(Cl)nc(-n2ccnc2)n1. The molecule has 0 spiro atoms. The van der Waals surface area contributed by atoms with Crippen molar-refractivity contribution in [2.75, 3.05) is 18.5 Å². The molecule has 6 nitrogen and oxygen atoms in total. The van der Waals surface area contributed by atoms with Gasteiger partial charge in [-0.2, -0.15) is 15.0 Å². The number of nitrogens with zero attached hydrogens (tertiary/aromatic N) is 6. The van der Waals surface area contributed by atoms with Gasteiger partial charge in [0.15, 0.2) is 0 Å². The van der Waals surface area contributed by atoms with Crippen molar-refractivity contribution in [1.82, 2.24) is 24.5 Å². The lowest BCUT2D eigenvalue weighted by Crippen LogP contribution is -2.30. The molecule has 0 aliphatic heterocycles. The second-order valence-electron chi connectivity index (χ2n) is 4.85. The third-order valence-corrected chi connectivity index (χ3v) is 3.59. The highest BCUT2D eigenvalue weighted by Crippen LogP contribution is 2.27. The first-order valence-corrected chi connectivity index (χ1v) is 6.71. The van der Waals surface area contributed by atoms with E-state index in [4.69, 9.17) is 11.6 Å². The number of hydrogen-bond acceptors (Lipinski definition) is 5. The van der Waals surface area contributed by atoms with Crippen LogP contribution in [0.3, 0.4) is 0 Å². The van der Waals surface area contributed by atoms with Gasteiger partial charge >= 0.3 is 0 Å². The Balaban J connectivity index is 1.84. The lowest BCUT2D eigenvalue weighted by Gasteiger charge is -2.30. The van der Waals surface area contributed by atoms with Crippen molar-refractivity contribution in [2.45, 2.75) is 19.3 Å². The van der Waals surface area contributed by atoms with E-state index in [9.17, 15) is 0 Å². The molecule has 0 bridgehead atoms. The molecule has 0 amide bonds. The topological polar surface area (TPSA) is 59.7 Å². The number of rotatable bonds is 4. The average Bonchev–Trinajstić information content (AvgIpc) is 2.86. The second kappa shape index (κ2) is 5.13. The molecule has 0 N–H and O–H groups in total. The molecular weight excluding hydrogens is 264 g/mol. The minimum absolute atomic E-state index is 0.203. The van der Waals surface area contributed by atoms with Gasteiger partial charge in [-0.15, -0.1) is 0 Å². The molecule has 2 heterocycles. The molecule has 0 aromatic carbocycles. The van der Waals surface area contributed by atoms with Crippen LogP contribution in [0.15, 0.2) is 18.7 Å². The zero-order chi connectivity index (χ0) is 13.2. The predicted octanol–water partition coefficient (Wildman–Crippen LogP) is 1.95. The molecule has 0 radical (unpaired) electrons. The number of anilines is 1. The molecule has 1 aliphatic carbocycles. The summed E-state index contributed by atoms with van der Waals surface area (Å²) in [7, 11) is 1.99. The first-order chi connectivity index (χ1) is 9.22. The molecule has 7 heteroatoms. The first-order valence-electron chi connectivity index (χ1n) is 6.33. The summed E-state index contributed by atoms with van der Waals surface area (Å²) in [5.74, 6) is 1.85. The van der Waals surface area contributed by atoms with Gasteiger partial charge in [-0.1, -0.05) is 6.42 Å². The summed E-state index contributed by atoms with van der Waals surface area (Å²) in [6, 6.07) is 0. The van der Waals surface area contributed by atoms with Gasteiger partial charge < -0.3 is 4.90 Å². The molecule has 3 rings (SSSR count). The molecule has 100 valence electrons. The van der Waals surface area contributed by atoms with E-state index in [1.807, 2.05) is 11.9 Å². The van der Waals surface area contributed by atoms with Gasteiger partial charge in [-0.25, -0.2) is 4.98 Å². The summed E-state index contributed by atoms with van der Waals surface area (Å²) in [4.78, 5) is 18.8. The minimum Gasteiger partial charge on any atom is -0.343 e. The Labute approximate surface area is 116 Å². The zero-order valence-corrected chi connectivity index (χ0v) is 11.5. The maximum absolute atomic E-state index is 5.97. The van der Waals surface area contributed by atoms with Gasteiger partial charge in [-0.05, 0) is 30.4 Å². The summed E-state index contributed by atoms with van der Waals surface area (Å²) in [5, 5.41) is 0.203. The standard InChI is InChI=1S/C12H15ClN6/c1-18(7-9-3-2-4-9)11-15-10(13)16-12(17-11)19-6-5-14-8-19/h5-6,8-9H,2-4,7H2,1H3. The average molecular weight is 279 g/mol. The quantitative estimate of drug-likeness (QED) is 0.855. The summed E-state index contributed by atoms with van der Waals surface area (Å²) in [6.45, 7) is 0.962. The molecule has 1 saturated carbocycles. The van der Waals surface area contributed by atoms with Crippen LogP contribution in [-0.4, -0.2) is 38.1 Å². The van der Waals surface area contributed by atoms with Crippen LogP contribution in [0.25, 0.3) is 5.95 Å². The van der Waals surface area contributed by atoms with E-state index in [0.29, 0.717) is 11.9 Å². The lowest BCUT2D eigenvalue weighted by molar-refractivity contribution is 0.320. The Morgan fingerprint density at radius 2 is 2.21 bits per heavy atom. The van der Waals surface area contributed by atoms with Gasteiger partial charge in [0.1, 0.15) is 6.33 Å². The van der Waals surface area contributed by atoms with Gasteiger partial charge in [0, 0.05) is 26.0 Å². The fourth-order valence-electron chi connectivity index (χ4n) is 2.14. The summed E-state index contributed by atoms with van der Waals surface area (Å²) in [6.07, 6.45) is 9.00. The van der Waals surface area contributed by atoms with Crippen LogP contribution in [0.1, 0.15) is 19.3 Å². The zero-order valence-electron chi connectivity index (χ0n) is 10.7. The van der Waals surface area contributed by atoms with Crippen molar-refractivity contribution < 1.29 is 0 Å². The Bertz CT molecular complexity index is 551. The van der Waals surface area contributed by atoms with Crippen molar-refractivity contribution >= 4 is 17.5 Å². The fraction of sp³-hybridized carbons (Fsp3) is 0.500. The van der Waals surface area contributed by atoms with Gasteiger partial charge in [0.05, 0.1) is 0 Å². The number of halogens is 1. The molecule has 2 aromatic rings. The third-order valence-electron chi connectivity index (χ3n) is 3.42. The van der Waals surface area contributed by atoms with Crippen LogP contribution in [-0.2, 0) is 0 Å². The van der Waals surface area contributed by atoms with Crippen LogP contribution in [0.4, 0.5) is 5.95 Å². The number of imidazole rings is 1. The molecule has 0 unspecified atom stereocenters. The Morgan fingerprint density at radius 1 is 1.37 bits per heavy atom. The van der Waals surface area contributed by atoms with E-state index in [-0.39, 0.29) is 5.28 Å². The number of hydrogen-bond donors (Lipinski definition) is 0. The Morgan fingerprint density at radius 3 is 2.84 bits per heavy atom. The van der Waals surface area contributed by atoms with E-state index in [1.165, 1.54) is 19.3 Å². The van der Waals surface area contributed by atoms with Crippen LogP contribution < -0.4 is 4.90 Å². The summed E-state index contributed by atoms with van der Waals surface area (Å²) < 4.78 is 1.72. The van der Waals surface area contributed by atoms with E-state index in [0.717, 1.165) is 12.5 Å². The van der Waals surface area contributed by atoms with Crippen LogP contribution in [0.5, 0.6) is 0 Å². The molecule has 1 fully saturated rings. The Kier molecular flexibility index (Phi) is 3.33. The Hall–Kier alpha value is -1.69. The molecule has 0 saturated heterocycles.